The number of aliphatic imine (C=N–C) groups is 1. The summed E-state index contributed by atoms with van der Waals surface area (Å²) in [5, 5.41) is 0.593. The fraction of sp³-hybridized carbons (Fsp3) is 0.222. The average Bonchev–Trinajstić information content (AvgIpc) is 2.16. The molecule has 0 heterocycles. The number of rotatable bonds is 3. The second-order valence-corrected chi connectivity index (χ2v) is 2.80. The number of carbonyl (C=O) groups excluding carboxylic acids is 1. The second kappa shape index (κ2) is 4.65. The predicted octanol–water partition coefficient (Wildman–Crippen LogP) is 2.18. The molecule has 0 radical (unpaired) electrons. The summed E-state index contributed by atoms with van der Waals surface area (Å²) in [6.45, 7) is 0.268. The van der Waals surface area contributed by atoms with E-state index in [0.29, 0.717) is 10.8 Å². The Balaban J connectivity index is 2.98. The first-order valence-electron chi connectivity index (χ1n) is 3.64. The monoisotopic (exact) mass is 197 g/mol. The first-order valence-corrected chi connectivity index (χ1v) is 4.01. The molecule has 13 heavy (non-hydrogen) atoms. The van der Waals surface area contributed by atoms with Gasteiger partial charge < -0.3 is 4.74 Å². The smallest absolute Gasteiger partial charge is 0.235 e. The molecule has 0 amide bonds. The first-order chi connectivity index (χ1) is 6.27. The average molecular weight is 198 g/mol. The molecule has 0 unspecified atom stereocenters. The highest BCUT2D eigenvalue weighted by atomic mass is 35.5. The molecule has 0 N–H and O–H groups in total. The molecule has 0 saturated carbocycles. The van der Waals surface area contributed by atoms with E-state index in [1.54, 1.807) is 25.3 Å². The van der Waals surface area contributed by atoms with E-state index >= 15 is 0 Å². The van der Waals surface area contributed by atoms with Gasteiger partial charge in [-0.1, -0.05) is 17.7 Å². The maximum Gasteiger partial charge on any atom is 0.235 e. The molecule has 3 nitrogen and oxygen atoms in total. The van der Waals surface area contributed by atoms with Gasteiger partial charge in [-0.15, -0.1) is 0 Å². The van der Waals surface area contributed by atoms with Crippen molar-refractivity contribution in [1.82, 2.24) is 0 Å². The number of hydrogen-bond donors (Lipinski definition) is 0. The zero-order valence-electron chi connectivity index (χ0n) is 7.08. The molecular formula is C9H8ClNO2. The second-order valence-electron chi connectivity index (χ2n) is 2.36. The fourth-order valence-electron chi connectivity index (χ4n) is 0.966. The maximum absolute atomic E-state index is 9.89. The zero-order valence-corrected chi connectivity index (χ0v) is 7.84. The van der Waals surface area contributed by atoms with Crippen LogP contribution in [0.4, 0.5) is 0 Å². The lowest BCUT2D eigenvalue weighted by Crippen LogP contribution is -1.90. The maximum atomic E-state index is 9.89. The van der Waals surface area contributed by atoms with Crippen LogP contribution in [0, 0.1) is 0 Å². The first kappa shape index (κ1) is 9.78. The standard InChI is InChI=1S/C9H8ClNO2/c1-13-9-4-8(10)3-2-7(9)5-11-6-12/h2-4H,5H2,1H3. The van der Waals surface area contributed by atoms with Crippen LogP contribution in [-0.4, -0.2) is 13.2 Å². The van der Waals surface area contributed by atoms with Crippen molar-refractivity contribution in [3.05, 3.63) is 28.8 Å². The Morgan fingerprint density at radius 2 is 2.38 bits per heavy atom. The van der Waals surface area contributed by atoms with Crippen molar-refractivity contribution in [2.45, 2.75) is 6.54 Å². The van der Waals surface area contributed by atoms with E-state index in [9.17, 15) is 4.79 Å². The van der Waals surface area contributed by atoms with Gasteiger partial charge in [0.15, 0.2) is 0 Å². The quantitative estimate of drug-likeness (QED) is 0.550. The van der Waals surface area contributed by atoms with Crippen LogP contribution in [0.25, 0.3) is 0 Å². The summed E-state index contributed by atoms with van der Waals surface area (Å²) in [7, 11) is 1.54. The van der Waals surface area contributed by atoms with Crippen molar-refractivity contribution in [3.63, 3.8) is 0 Å². The molecule has 1 aromatic rings. The highest BCUT2D eigenvalue weighted by Crippen LogP contribution is 2.23. The van der Waals surface area contributed by atoms with E-state index in [4.69, 9.17) is 16.3 Å². The van der Waals surface area contributed by atoms with Crippen molar-refractivity contribution in [1.29, 1.82) is 0 Å². The summed E-state index contributed by atoms with van der Waals surface area (Å²) in [5.74, 6) is 0.631. The third kappa shape index (κ3) is 2.58. The van der Waals surface area contributed by atoms with Gasteiger partial charge in [-0.05, 0) is 12.1 Å². The lowest BCUT2D eigenvalue weighted by Gasteiger charge is -2.05. The Labute approximate surface area is 81.0 Å². The molecule has 0 aromatic heterocycles. The molecule has 0 saturated heterocycles. The van der Waals surface area contributed by atoms with Gasteiger partial charge in [0, 0.05) is 10.6 Å². The van der Waals surface area contributed by atoms with Gasteiger partial charge in [0.05, 0.1) is 13.7 Å². The highest BCUT2D eigenvalue weighted by molar-refractivity contribution is 6.30. The molecule has 0 aliphatic carbocycles. The Hall–Kier alpha value is -1.31. The van der Waals surface area contributed by atoms with E-state index in [1.165, 1.54) is 6.08 Å². The van der Waals surface area contributed by atoms with Crippen molar-refractivity contribution in [3.8, 4) is 5.75 Å². The van der Waals surface area contributed by atoms with Gasteiger partial charge in [-0.2, -0.15) is 0 Å². The van der Waals surface area contributed by atoms with Gasteiger partial charge in [0.2, 0.25) is 6.08 Å². The molecule has 0 bridgehead atoms. The fourth-order valence-corrected chi connectivity index (χ4v) is 1.13. The third-order valence-corrected chi connectivity index (χ3v) is 1.80. The van der Waals surface area contributed by atoms with E-state index < -0.39 is 0 Å². The van der Waals surface area contributed by atoms with Crippen LogP contribution in [0.1, 0.15) is 5.56 Å². The highest BCUT2D eigenvalue weighted by Gasteiger charge is 2.01. The van der Waals surface area contributed by atoms with Crippen molar-refractivity contribution < 1.29 is 9.53 Å². The largest absolute Gasteiger partial charge is 0.496 e. The third-order valence-electron chi connectivity index (χ3n) is 1.56. The molecular weight excluding hydrogens is 190 g/mol. The number of methoxy groups -OCH3 is 1. The number of nitrogens with zero attached hydrogens (tertiary/aromatic N) is 1. The summed E-state index contributed by atoms with van der Waals surface area (Å²) >= 11 is 5.74. The number of benzene rings is 1. The van der Waals surface area contributed by atoms with Gasteiger partial charge in [0.25, 0.3) is 0 Å². The number of halogens is 1. The molecule has 4 heteroatoms. The summed E-state index contributed by atoms with van der Waals surface area (Å²) in [6, 6.07) is 5.17. The van der Waals surface area contributed by atoms with E-state index in [2.05, 4.69) is 4.99 Å². The van der Waals surface area contributed by atoms with E-state index in [-0.39, 0.29) is 6.54 Å². The predicted molar refractivity (Wildman–Crippen MR) is 49.8 cm³/mol. The van der Waals surface area contributed by atoms with Crippen molar-refractivity contribution in [2.75, 3.05) is 7.11 Å². The summed E-state index contributed by atoms with van der Waals surface area (Å²) < 4.78 is 5.05. The van der Waals surface area contributed by atoms with Gasteiger partial charge >= 0.3 is 0 Å². The molecule has 0 fully saturated rings. The van der Waals surface area contributed by atoms with Crippen LogP contribution in [0.2, 0.25) is 5.02 Å². The van der Waals surface area contributed by atoms with Gasteiger partial charge in [-0.3, -0.25) is 0 Å². The lowest BCUT2D eigenvalue weighted by atomic mass is 10.2. The van der Waals surface area contributed by atoms with Crippen LogP contribution in [-0.2, 0) is 11.3 Å². The molecule has 0 aliphatic heterocycles. The minimum absolute atomic E-state index is 0.268. The van der Waals surface area contributed by atoms with Crippen LogP contribution in [0.3, 0.4) is 0 Å². The molecule has 68 valence electrons. The normalized spacial score (nSPS) is 9.08. The summed E-state index contributed by atoms with van der Waals surface area (Å²) in [6.07, 6.45) is 1.47. The number of hydrogen-bond acceptors (Lipinski definition) is 3. The Bertz CT molecular complexity index is 345. The van der Waals surface area contributed by atoms with E-state index in [0.717, 1.165) is 5.56 Å². The number of ether oxygens (including phenoxy) is 1. The zero-order chi connectivity index (χ0) is 9.68. The lowest BCUT2D eigenvalue weighted by molar-refractivity contribution is 0.410. The SMILES string of the molecule is COc1cc(Cl)ccc1CN=C=O. The molecule has 0 atom stereocenters. The van der Waals surface area contributed by atoms with Crippen molar-refractivity contribution in [2.24, 2.45) is 4.99 Å². The van der Waals surface area contributed by atoms with Crippen LogP contribution in [0.5, 0.6) is 5.75 Å². The molecule has 1 aromatic carbocycles. The Morgan fingerprint density at radius 1 is 1.62 bits per heavy atom. The summed E-state index contributed by atoms with van der Waals surface area (Å²) in [5.41, 5.74) is 0.815. The van der Waals surface area contributed by atoms with Gasteiger partial charge in [-0.25, -0.2) is 9.79 Å². The number of isocyanates is 1. The topological polar surface area (TPSA) is 38.7 Å². The molecule has 1 rings (SSSR count). The molecule has 0 spiro atoms. The van der Waals surface area contributed by atoms with Crippen LogP contribution >= 0.6 is 11.6 Å². The van der Waals surface area contributed by atoms with Crippen LogP contribution in [0.15, 0.2) is 23.2 Å². The van der Waals surface area contributed by atoms with E-state index in [1.807, 2.05) is 0 Å². The molecule has 0 aliphatic rings. The van der Waals surface area contributed by atoms with Crippen LogP contribution < -0.4 is 4.74 Å². The van der Waals surface area contributed by atoms with Gasteiger partial charge in [0.1, 0.15) is 5.75 Å². The minimum Gasteiger partial charge on any atom is -0.496 e. The Morgan fingerprint density at radius 3 is 3.00 bits per heavy atom. The summed E-state index contributed by atoms with van der Waals surface area (Å²) in [4.78, 5) is 13.3. The minimum atomic E-state index is 0.268. The van der Waals surface area contributed by atoms with Crippen molar-refractivity contribution >= 4 is 17.7 Å². The Kier molecular flexibility index (Phi) is 3.50.